The monoisotopic (exact) mass is 237 g/mol. The Morgan fingerprint density at radius 1 is 1.38 bits per heavy atom. The van der Waals surface area contributed by atoms with Gasteiger partial charge in [0.05, 0.1) is 6.04 Å². The highest BCUT2D eigenvalue weighted by atomic mass is 35.5. The lowest BCUT2D eigenvalue weighted by Gasteiger charge is -2.19. The Bertz CT molecular complexity index is 397. The number of hydrogen-bond acceptors (Lipinski definition) is 2. The highest BCUT2D eigenvalue weighted by Crippen LogP contribution is 2.24. The summed E-state index contributed by atoms with van der Waals surface area (Å²) < 4.78 is 0. The minimum atomic E-state index is -0.0452. The average Bonchev–Trinajstić information content (AvgIpc) is 2.59. The maximum Gasteiger partial charge on any atom is 0.179 e. The zero-order valence-electron chi connectivity index (χ0n) is 9.59. The fourth-order valence-electron chi connectivity index (χ4n) is 2.13. The van der Waals surface area contributed by atoms with Gasteiger partial charge >= 0.3 is 0 Å². The first-order chi connectivity index (χ1) is 7.48. The molecule has 1 aliphatic heterocycles. The second-order valence-corrected chi connectivity index (χ2v) is 5.43. The molecular weight excluding hydrogens is 222 g/mol. The minimum Gasteiger partial charge on any atom is -0.302 e. The van der Waals surface area contributed by atoms with Gasteiger partial charge in [-0.25, -0.2) is 0 Å². The summed E-state index contributed by atoms with van der Waals surface area (Å²) in [6.07, 6.45) is 1.95. The van der Waals surface area contributed by atoms with Gasteiger partial charge < -0.3 is 5.32 Å². The molecule has 1 aliphatic rings. The molecule has 0 bridgehead atoms. The van der Waals surface area contributed by atoms with Crippen molar-refractivity contribution in [2.75, 3.05) is 0 Å². The lowest BCUT2D eigenvalue weighted by atomic mass is 10.0. The van der Waals surface area contributed by atoms with Crippen molar-refractivity contribution in [1.82, 2.24) is 5.32 Å². The number of halogens is 1. The second-order valence-electron chi connectivity index (χ2n) is 4.99. The molecule has 0 saturated carbocycles. The van der Waals surface area contributed by atoms with Crippen LogP contribution in [0, 0.1) is 0 Å². The summed E-state index contributed by atoms with van der Waals surface area (Å²) in [5.74, 6) is 0.169. The van der Waals surface area contributed by atoms with Crippen LogP contribution in [0.25, 0.3) is 0 Å². The summed E-state index contributed by atoms with van der Waals surface area (Å²) >= 11 is 5.79. The van der Waals surface area contributed by atoms with Crippen molar-refractivity contribution in [3.63, 3.8) is 0 Å². The largest absolute Gasteiger partial charge is 0.302 e. The molecule has 2 nitrogen and oxygen atoms in total. The quantitative estimate of drug-likeness (QED) is 0.801. The number of carbonyl (C=O) groups excluding carboxylic acids is 1. The molecular formula is C13H16ClNO. The van der Waals surface area contributed by atoms with Crippen LogP contribution in [0.5, 0.6) is 0 Å². The molecule has 0 amide bonds. The van der Waals surface area contributed by atoms with E-state index in [1.54, 1.807) is 24.3 Å². The predicted molar refractivity (Wildman–Crippen MR) is 66.0 cm³/mol. The third-order valence-electron chi connectivity index (χ3n) is 3.07. The molecule has 0 spiro atoms. The number of carbonyl (C=O) groups is 1. The summed E-state index contributed by atoms with van der Waals surface area (Å²) in [5, 5.41) is 4.02. The molecule has 1 fully saturated rings. The molecule has 1 aromatic rings. The Balaban J connectivity index is 2.12. The van der Waals surface area contributed by atoms with Crippen molar-refractivity contribution in [2.24, 2.45) is 0 Å². The van der Waals surface area contributed by atoms with Crippen molar-refractivity contribution < 1.29 is 4.79 Å². The molecule has 1 atom stereocenters. The normalized spacial score (nSPS) is 23.3. The van der Waals surface area contributed by atoms with E-state index in [0.29, 0.717) is 5.02 Å². The molecule has 0 aliphatic carbocycles. The molecule has 2 rings (SSSR count). The number of rotatable bonds is 2. The standard InChI is InChI=1S/C13H16ClNO/c1-13(2)8-7-11(15-13)12(16)9-3-5-10(14)6-4-9/h3-6,11,15H,7-8H2,1-2H3. The lowest BCUT2D eigenvalue weighted by Crippen LogP contribution is -2.41. The molecule has 1 N–H and O–H groups in total. The summed E-state index contributed by atoms with van der Waals surface area (Å²) in [4.78, 5) is 12.1. The van der Waals surface area contributed by atoms with Crippen LogP contribution in [0.3, 0.4) is 0 Å². The van der Waals surface area contributed by atoms with E-state index in [-0.39, 0.29) is 17.4 Å². The van der Waals surface area contributed by atoms with E-state index >= 15 is 0 Å². The van der Waals surface area contributed by atoms with Crippen LogP contribution in [0.1, 0.15) is 37.0 Å². The van der Waals surface area contributed by atoms with E-state index in [1.807, 2.05) is 0 Å². The van der Waals surface area contributed by atoms with Gasteiger partial charge in [0.25, 0.3) is 0 Å². The van der Waals surface area contributed by atoms with Gasteiger partial charge in [-0.15, -0.1) is 0 Å². The summed E-state index contributed by atoms with van der Waals surface area (Å²) in [5.41, 5.74) is 0.812. The number of ketones is 1. The average molecular weight is 238 g/mol. The van der Waals surface area contributed by atoms with Crippen molar-refractivity contribution in [3.05, 3.63) is 34.9 Å². The Labute approximate surface area is 101 Å². The summed E-state index contributed by atoms with van der Waals surface area (Å²) in [6, 6.07) is 7.05. The van der Waals surface area contributed by atoms with E-state index in [4.69, 9.17) is 11.6 Å². The zero-order valence-corrected chi connectivity index (χ0v) is 10.3. The maximum absolute atomic E-state index is 12.1. The van der Waals surface area contributed by atoms with Gasteiger partial charge in [-0.1, -0.05) is 11.6 Å². The molecule has 86 valence electrons. The highest BCUT2D eigenvalue weighted by molar-refractivity contribution is 6.30. The first-order valence-corrected chi connectivity index (χ1v) is 5.93. The van der Waals surface area contributed by atoms with Gasteiger partial charge in [0, 0.05) is 16.1 Å². The van der Waals surface area contributed by atoms with Gasteiger partial charge in [-0.2, -0.15) is 0 Å². The van der Waals surface area contributed by atoms with Crippen molar-refractivity contribution in [2.45, 2.75) is 38.3 Å². The number of benzene rings is 1. The van der Waals surface area contributed by atoms with Gasteiger partial charge in [-0.3, -0.25) is 4.79 Å². The van der Waals surface area contributed by atoms with Crippen LogP contribution < -0.4 is 5.32 Å². The van der Waals surface area contributed by atoms with Gasteiger partial charge in [0.2, 0.25) is 0 Å². The first-order valence-electron chi connectivity index (χ1n) is 5.55. The third-order valence-corrected chi connectivity index (χ3v) is 3.32. The van der Waals surface area contributed by atoms with E-state index in [0.717, 1.165) is 18.4 Å². The van der Waals surface area contributed by atoms with Crippen LogP contribution in [-0.2, 0) is 0 Å². The number of nitrogens with one attached hydrogen (secondary N) is 1. The Morgan fingerprint density at radius 2 is 2.00 bits per heavy atom. The van der Waals surface area contributed by atoms with E-state index in [9.17, 15) is 4.79 Å². The Kier molecular flexibility index (Phi) is 3.04. The fourth-order valence-corrected chi connectivity index (χ4v) is 2.26. The number of hydrogen-bond donors (Lipinski definition) is 1. The molecule has 0 aromatic heterocycles. The first kappa shape index (κ1) is 11.6. The van der Waals surface area contributed by atoms with Gasteiger partial charge in [0.15, 0.2) is 5.78 Å². The molecule has 0 radical (unpaired) electrons. The van der Waals surface area contributed by atoms with E-state index in [1.165, 1.54) is 0 Å². The minimum absolute atomic E-state index is 0.0452. The Morgan fingerprint density at radius 3 is 2.50 bits per heavy atom. The molecule has 3 heteroatoms. The van der Waals surface area contributed by atoms with E-state index in [2.05, 4.69) is 19.2 Å². The zero-order chi connectivity index (χ0) is 11.8. The summed E-state index contributed by atoms with van der Waals surface area (Å²) in [7, 11) is 0. The molecule has 1 unspecified atom stereocenters. The Hall–Kier alpha value is -0.860. The van der Waals surface area contributed by atoms with Gasteiger partial charge in [-0.05, 0) is 51.0 Å². The van der Waals surface area contributed by atoms with Crippen molar-refractivity contribution in [1.29, 1.82) is 0 Å². The molecule has 16 heavy (non-hydrogen) atoms. The lowest BCUT2D eigenvalue weighted by molar-refractivity contribution is 0.0946. The highest BCUT2D eigenvalue weighted by Gasteiger charge is 2.34. The topological polar surface area (TPSA) is 29.1 Å². The summed E-state index contributed by atoms with van der Waals surface area (Å²) in [6.45, 7) is 4.25. The maximum atomic E-state index is 12.1. The smallest absolute Gasteiger partial charge is 0.179 e. The predicted octanol–water partition coefficient (Wildman–Crippen LogP) is 3.05. The van der Waals surface area contributed by atoms with Crippen LogP contribution in [0.2, 0.25) is 5.02 Å². The molecule has 1 heterocycles. The number of Topliss-reactive ketones (excluding diaryl/α,β-unsaturated/α-hetero) is 1. The van der Waals surface area contributed by atoms with Crippen LogP contribution in [0.15, 0.2) is 24.3 Å². The van der Waals surface area contributed by atoms with E-state index < -0.39 is 0 Å². The van der Waals surface area contributed by atoms with Crippen molar-refractivity contribution in [3.8, 4) is 0 Å². The van der Waals surface area contributed by atoms with Gasteiger partial charge in [0.1, 0.15) is 0 Å². The van der Waals surface area contributed by atoms with Crippen LogP contribution in [-0.4, -0.2) is 17.4 Å². The van der Waals surface area contributed by atoms with Crippen LogP contribution in [0.4, 0.5) is 0 Å². The SMILES string of the molecule is CC1(C)CCC(C(=O)c2ccc(Cl)cc2)N1. The molecule has 1 aromatic carbocycles. The fraction of sp³-hybridized carbons (Fsp3) is 0.462. The second kappa shape index (κ2) is 4.19. The molecule has 1 saturated heterocycles. The van der Waals surface area contributed by atoms with Crippen LogP contribution >= 0.6 is 11.6 Å². The third kappa shape index (κ3) is 2.45. The van der Waals surface area contributed by atoms with Crippen molar-refractivity contribution >= 4 is 17.4 Å².